The summed E-state index contributed by atoms with van der Waals surface area (Å²) in [5.74, 6) is -0.131. The van der Waals surface area contributed by atoms with Crippen molar-refractivity contribution >= 4 is 29.3 Å². The van der Waals surface area contributed by atoms with Crippen LogP contribution in [0.5, 0.6) is 0 Å². The predicted octanol–water partition coefficient (Wildman–Crippen LogP) is 4.56. The van der Waals surface area contributed by atoms with Gasteiger partial charge in [-0.2, -0.15) is 0 Å². The lowest BCUT2D eigenvalue weighted by atomic mass is 10.1. The Hall–Kier alpha value is -3.08. The van der Waals surface area contributed by atoms with Gasteiger partial charge in [0.05, 0.1) is 5.56 Å². The smallest absolute Gasteiger partial charge is 0.256 e. The molecule has 0 saturated carbocycles. The van der Waals surface area contributed by atoms with Gasteiger partial charge in [-0.1, -0.05) is 30.3 Å². The molecule has 156 valence electrons. The first kappa shape index (κ1) is 20.2. The topological polar surface area (TPSA) is 52.7 Å². The summed E-state index contributed by atoms with van der Waals surface area (Å²) in [7, 11) is 0. The number of nitrogens with one attached hydrogen (secondary N) is 1. The molecule has 0 aliphatic carbocycles. The maximum absolute atomic E-state index is 13.2. The summed E-state index contributed by atoms with van der Waals surface area (Å²) in [4.78, 5) is 29.9. The highest BCUT2D eigenvalue weighted by Gasteiger charge is 2.25. The van der Waals surface area contributed by atoms with Crippen LogP contribution in [0.2, 0.25) is 0 Å². The van der Waals surface area contributed by atoms with E-state index in [1.54, 1.807) is 6.08 Å². The third-order valence-corrected chi connectivity index (χ3v) is 5.81. The molecule has 2 aliphatic heterocycles. The molecule has 2 amide bonds. The van der Waals surface area contributed by atoms with Crippen LogP contribution < -0.4 is 10.2 Å². The lowest BCUT2D eigenvalue weighted by Crippen LogP contribution is -2.34. The average Bonchev–Trinajstić information content (AvgIpc) is 3.33. The van der Waals surface area contributed by atoms with E-state index in [0.717, 1.165) is 63.1 Å². The third kappa shape index (κ3) is 4.90. The molecule has 1 N–H and O–H groups in total. The lowest BCUT2D eigenvalue weighted by molar-refractivity contribution is -0.111. The van der Waals surface area contributed by atoms with E-state index in [1.807, 2.05) is 53.4 Å². The zero-order valence-corrected chi connectivity index (χ0v) is 17.3. The number of carbonyl (C=O) groups is 2. The fourth-order valence-corrected chi connectivity index (χ4v) is 4.21. The Labute approximate surface area is 178 Å². The van der Waals surface area contributed by atoms with Gasteiger partial charge in [-0.25, -0.2) is 0 Å². The normalized spacial score (nSPS) is 16.8. The van der Waals surface area contributed by atoms with Crippen LogP contribution in [-0.2, 0) is 4.79 Å². The van der Waals surface area contributed by atoms with Crippen LogP contribution in [0, 0.1) is 0 Å². The van der Waals surface area contributed by atoms with E-state index in [0.29, 0.717) is 11.3 Å². The molecule has 0 radical (unpaired) electrons. The number of benzene rings is 2. The van der Waals surface area contributed by atoms with Gasteiger partial charge >= 0.3 is 0 Å². The molecule has 2 saturated heterocycles. The van der Waals surface area contributed by atoms with E-state index in [-0.39, 0.29) is 11.8 Å². The highest BCUT2D eigenvalue weighted by molar-refractivity contribution is 6.05. The van der Waals surface area contributed by atoms with Crippen molar-refractivity contribution in [2.45, 2.75) is 32.1 Å². The monoisotopic (exact) mass is 403 g/mol. The van der Waals surface area contributed by atoms with Crippen LogP contribution in [0.15, 0.2) is 54.6 Å². The van der Waals surface area contributed by atoms with Gasteiger partial charge in [0.25, 0.3) is 5.91 Å². The number of piperidine rings is 1. The van der Waals surface area contributed by atoms with E-state index in [4.69, 9.17) is 0 Å². The van der Waals surface area contributed by atoms with E-state index in [2.05, 4.69) is 10.2 Å². The zero-order valence-electron chi connectivity index (χ0n) is 17.3. The van der Waals surface area contributed by atoms with E-state index in [1.165, 1.54) is 12.5 Å². The van der Waals surface area contributed by atoms with Gasteiger partial charge in [0.2, 0.25) is 5.91 Å². The number of anilines is 2. The number of hydrogen-bond donors (Lipinski definition) is 1. The zero-order chi connectivity index (χ0) is 20.8. The van der Waals surface area contributed by atoms with E-state index in [9.17, 15) is 9.59 Å². The first-order valence-electron chi connectivity index (χ1n) is 10.9. The number of amides is 2. The van der Waals surface area contributed by atoms with Crippen LogP contribution in [0.3, 0.4) is 0 Å². The Kier molecular flexibility index (Phi) is 6.47. The van der Waals surface area contributed by atoms with E-state index >= 15 is 0 Å². The quantitative estimate of drug-likeness (QED) is 0.745. The maximum atomic E-state index is 13.2. The van der Waals surface area contributed by atoms with E-state index < -0.39 is 0 Å². The van der Waals surface area contributed by atoms with Gasteiger partial charge in [-0.3, -0.25) is 9.59 Å². The molecule has 4 rings (SSSR count). The predicted molar refractivity (Wildman–Crippen MR) is 122 cm³/mol. The summed E-state index contributed by atoms with van der Waals surface area (Å²) < 4.78 is 0. The second-order valence-corrected chi connectivity index (χ2v) is 8.01. The fourth-order valence-electron chi connectivity index (χ4n) is 4.21. The summed E-state index contributed by atoms with van der Waals surface area (Å²) in [6, 6.07) is 15.5. The minimum Gasteiger partial charge on any atom is -0.371 e. The molecule has 0 bridgehead atoms. The minimum absolute atomic E-state index is 0.0731. The molecule has 5 heteroatoms. The maximum Gasteiger partial charge on any atom is 0.256 e. The molecule has 2 aromatic carbocycles. The highest BCUT2D eigenvalue weighted by atomic mass is 16.2. The molecule has 2 heterocycles. The highest BCUT2D eigenvalue weighted by Crippen LogP contribution is 2.29. The summed E-state index contributed by atoms with van der Waals surface area (Å²) in [6.07, 6.45) is 8.98. The van der Waals surface area contributed by atoms with Crippen LogP contribution in [0.4, 0.5) is 11.4 Å². The Morgan fingerprint density at radius 3 is 2.27 bits per heavy atom. The molecule has 2 aliphatic rings. The van der Waals surface area contributed by atoms with Crippen molar-refractivity contribution < 1.29 is 9.59 Å². The first-order valence-corrected chi connectivity index (χ1v) is 10.9. The van der Waals surface area contributed by atoms with Gasteiger partial charge in [-0.15, -0.1) is 0 Å². The Morgan fingerprint density at radius 2 is 1.53 bits per heavy atom. The SMILES string of the molecule is O=C(C=Cc1ccccc1)Nc1ccc(N2CCCCC2)c(C(=O)N2CCCC2)c1. The molecule has 2 aromatic rings. The fraction of sp³-hybridized carbons (Fsp3) is 0.360. The summed E-state index contributed by atoms with van der Waals surface area (Å²) in [6.45, 7) is 3.58. The van der Waals surface area contributed by atoms with Crippen LogP contribution in [-0.4, -0.2) is 42.9 Å². The van der Waals surface area contributed by atoms with Gasteiger partial charge in [0, 0.05) is 43.6 Å². The first-order chi connectivity index (χ1) is 14.7. The number of hydrogen-bond acceptors (Lipinski definition) is 3. The number of nitrogens with zero attached hydrogens (tertiary/aromatic N) is 2. The molecule has 0 unspecified atom stereocenters. The Balaban J connectivity index is 1.54. The van der Waals surface area contributed by atoms with Crippen molar-refractivity contribution in [3.05, 3.63) is 65.7 Å². The summed E-state index contributed by atoms with van der Waals surface area (Å²) >= 11 is 0. The van der Waals surface area contributed by atoms with Crippen LogP contribution in [0.25, 0.3) is 6.08 Å². The molecule has 0 spiro atoms. The van der Waals surface area contributed by atoms with Gasteiger partial charge in [0.1, 0.15) is 0 Å². The molecular formula is C25H29N3O2. The van der Waals surface area contributed by atoms with Crippen molar-refractivity contribution in [3.63, 3.8) is 0 Å². The minimum atomic E-state index is -0.204. The molecule has 0 aromatic heterocycles. The standard InChI is InChI=1S/C25H29N3O2/c29-24(14-11-20-9-3-1-4-10-20)26-21-12-13-23(27-15-5-2-6-16-27)22(19-21)25(30)28-17-7-8-18-28/h1,3-4,9-14,19H,2,5-8,15-18H2,(H,26,29). The Morgan fingerprint density at radius 1 is 0.833 bits per heavy atom. The Bertz CT molecular complexity index is 911. The second-order valence-electron chi connectivity index (χ2n) is 8.01. The third-order valence-electron chi connectivity index (χ3n) is 5.81. The lowest BCUT2D eigenvalue weighted by Gasteiger charge is -2.31. The molecule has 2 fully saturated rings. The number of carbonyl (C=O) groups excluding carboxylic acids is 2. The second kappa shape index (κ2) is 9.61. The molecule has 5 nitrogen and oxygen atoms in total. The van der Waals surface area contributed by atoms with Crippen molar-refractivity contribution in [1.29, 1.82) is 0 Å². The van der Waals surface area contributed by atoms with Crippen molar-refractivity contribution in [1.82, 2.24) is 4.90 Å². The summed E-state index contributed by atoms with van der Waals surface area (Å²) in [5, 5.41) is 2.91. The van der Waals surface area contributed by atoms with Crippen molar-refractivity contribution in [3.8, 4) is 0 Å². The molecule has 0 atom stereocenters. The largest absolute Gasteiger partial charge is 0.371 e. The summed E-state index contributed by atoms with van der Waals surface area (Å²) in [5.41, 5.74) is 3.31. The average molecular weight is 404 g/mol. The van der Waals surface area contributed by atoms with Gasteiger partial charge in [0.15, 0.2) is 0 Å². The van der Waals surface area contributed by atoms with Crippen molar-refractivity contribution in [2.24, 2.45) is 0 Å². The van der Waals surface area contributed by atoms with Crippen LogP contribution >= 0.6 is 0 Å². The van der Waals surface area contributed by atoms with Crippen molar-refractivity contribution in [2.75, 3.05) is 36.4 Å². The van der Waals surface area contributed by atoms with Gasteiger partial charge < -0.3 is 15.1 Å². The number of likely N-dealkylation sites (tertiary alicyclic amines) is 1. The molecular weight excluding hydrogens is 374 g/mol. The number of rotatable bonds is 5. The van der Waals surface area contributed by atoms with Gasteiger partial charge in [-0.05, 0) is 61.9 Å². The van der Waals surface area contributed by atoms with Crippen LogP contribution in [0.1, 0.15) is 48.0 Å². The molecule has 30 heavy (non-hydrogen) atoms.